The lowest BCUT2D eigenvalue weighted by Crippen LogP contribution is -2.00. The first kappa shape index (κ1) is 11.6. The fourth-order valence-corrected chi connectivity index (χ4v) is 2.30. The highest BCUT2D eigenvalue weighted by Crippen LogP contribution is 2.31. The lowest BCUT2D eigenvalue weighted by atomic mass is 10.1. The molecule has 3 N–H and O–H groups in total. The minimum Gasteiger partial charge on any atom is -0.399 e. The molecule has 5 nitrogen and oxygen atoms in total. The average molecular weight is 252 g/mol. The third kappa shape index (κ3) is 1.92. The Morgan fingerprint density at radius 1 is 1.42 bits per heavy atom. The van der Waals surface area contributed by atoms with Crippen LogP contribution in [0.25, 0.3) is 11.4 Å². The fourth-order valence-electron chi connectivity index (χ4n) is 2.30. The molecule has 3 rings (SSSR count). The van der Waals surface area contributed by atoms with Crippen molar-refractivity contribution in [3.8, 4) is 17.5 Å². The Hall–Kier alpha value is -2.45. The molecule has 0 fully saturated rings. The third-order valence-corrected chi connectivity index (χ3v) is 3.31. The molecule has 1 aliphatic carbocycles. The number of aliphatic hydroxyl groups excluding tert-OH is 1. The maximum Gasteiger partial charge on any atom is 0.160 e. The van der Waals surface area contributed by atoms with Crippen molar-refractivity contribution in [3.05, 3.63) is 41.2 Å². The molecule has 0 saturated heterocycles. The molecule has 0 amide bonds. The first-order valence-corrected chi connectivity index (χ1v) is 6.03. The summed E-state index contributed by atoms with van der Waals surface area (Å²) in [6, 6.07) is 7.11. The molecule has 0 bridgehead atoms. The number of benzene rings is 1. The molecule has 0 saturated carbocycles. The van der Waals surface area contributed by atoms with Gasteiger partial charge in [0, 0.05) is 17.4 Å². The van der Waals surface area contributed by atoms with E-state index in [1.54, 1.807) is 24.4 Å². The second kappa shape index (κ2) is 4.34. The van der Waals surface area contributed by atoms with E-state index in [9.17, 15) is 5.11 Å². The molecule has 1 unspecified atom stereocenters. The molecule has 1 aliphatic rings. The molecule has 1 aromatic carbocycles. The van der Waals surface area contributed by atoms with E-state index in [2.05, 4.69) is 16.0 Å². The highest BCUT2D eigenvalue weighted by atomic mass is 16.3. The van der Waals surface area contributed by atoms with E-state index in [4.69, 9.17) is 11.0 Å². The van der Waals surface area contributed by atoms with Crippen LogP contribution in [0, 0.1) is 11.3 Å². The van der Waals surface area contributed by atoms with Crippen molar-refractivity contribution in [1.29, 1.82) is 5.26 Å². The van der Waals surface area contributed by atoms with E-state index >= 15 is 0 Å². The number of hydrogen-bond acceptors (Lipinski definition) is 5. The van der Waals surface area contributed by atoms with Crippen molar-refractivity contribution in [1.82, 2.24) is 9.97 Å². The quantitative estimate of drug-likeness (QED) is 0.751. The number of nitrogens with two attached hydrogens (primary N) is 1. The second-order valence-corrected chi connectivity index (χ2v) is 4.58. The first-order valence-electron chi connectivity index (χ1n) is 6.03. The number of hydrogen-bond donors (Lipinski definition) is 2. The first-order chi connectivity index (χ1) is 9.19. The van der Waals surface area contributed by atoms with Gasteiger partial charge in [0.25, 0.3) is 0 Å². The van der Waals surface area contributed by atoms with Gasteiger partial charge in [0.1, 0.15) is 0 Å². The van der Waals surface area contributed by atoms with Crippen LogP contribution in [0.3, 0.4) is 0 Å². The summed E-state index contributed by atoms with van der Waals surface area (Å²) in [7, 11) is 0. The third-order valence-electron chi connectivity index (χ3n) is 3.31. The summed E-state index contributed by atoms with van der Waals surface area (Å²) in [6.07, 6.45) is 2.65. The molecule has 1 atom stereocenters. The van der Waals surface area contributed by atoms with Crippen LogP contribution in [0.2, 0.25) is 0 Å². The van der Waals surface area contributed by atoms with Crippen molar-refractivity contribution in [2.75, 3.05) is 5.73 Å². The van der Waals surface area contributed by atoms with Gasteiger partial charge in [-0.15, -0.1) is 0 Å². The lowest BCUT2D eigenvalue weighted by Gasteiger charge is -2.07. The zero-order valence-electron chi connectivity index (χ0n) is 10.2. The smallest absolute Gasteiger partial charge is 0.160 e. The maximum atomic E-state index is 9.85. The van der Waals surface area contributed by atoms with Crippen LogP contribution in [-0.2, 0) is 6.42 Å². The van der Waals surface area contributed by atoms with Gasteiger partial charge in [0.15, 0.2) is 5.82 Å². The summed E-state index contributed by atoms with van der Waals surface area (Å²) in [6.45, 7) is 0. The molecule has 0 aliphatic heterocycles. The summed E-state index contributed by atoms with van der Waals surface area (Å²) < 4.78 is 0. The van der Waals surface area contributed by atoms with Crippen LogP contribution in [-0.4, -0.2) is 15.1 Å². The number of nitrogen functional groups attached to an aromatic ring is 1. The number of aromatic nitrogens is 2. The van der Waals surface area contributed by atoms with E-state index in [-0.39, 0.29) is 0 Å². The van der Waals surface area contributed by atoms with Crippen LogP contribution in [0.15, 0.2) is 24.4 Å². The molecule has 0 spiro atoms. The highest BCUT2D eigenvalue weighted by Gasteiger charge is 2.23. The number of nitrogens with zero attached hydrogens (tertiary/aromatic N) is 3. The topological polar surface area (TPSA) is 95.8 Å². The standard InChI is InChI=1S/C14H12N4O/c15-6-8-1-3-10(16)5-11(8)14-17-7-9-2-4-12(19)13(9)18-14/h1,3,5,7,12,19H,2,4,16H2. The SMILES string of the molecule is N#Cc1ccc(N)cc1-c1ncc2c(n1)C(O)CC2. The van der Waals surface area contributed by atoms with Gasteiger partial charge in [-0.05, 0) is 36.6 Å². The largest absolute Gasteiger partial charge is 0.399 e. The Morgan fingerprint density at radius 3 is 3.05 bits per heavy atom. The fraction of sp³-hybridized carbons (Fsp3) is 0.214. The zero-order chi connectivity index (χ0) is 13.4. The van der Waals surface area contributed by atoms with Gasteiger partial charge < -0.3 is 10.8 Å². The second-order valence-electron chi connectivity index (χ2n) is 4.58. The molecule has 2 aromatic rings. The molecule has 0 radical (unpaired) electrons. The van der Waals surface area contributed by atoms with Crippen molar-refractivity contribution in [2.45, 2.75) is 18.9 Å². The maximum absolute atomic E-state index is 9.85. The predicted octanol–water partition coefficient (Wildman–Crippen LogP) is 1.58. The van der Waals surface area contributed by atoms with Crippen LogP contribution in [0.5, 0.6) is 0 Å². The zero-order valence-corrected chi connectivity index (χ0v) is 10.2. The summed E-state index contributed by atoms with van der Waals surface area (Å²) in [5.41, 5.74) is 9.01. The molecular formula is C14H12N4O. The minimum absolute atomic E-state index is 0.434. The van der Waals surface area contributed by atoms with E-state index < -0.39 is 6.10 Å². The van der Waals surface area contributed by atoms with Crippen LogP contribution in [0.4, 0.5) is 5.69 Å². The number of nitriles is 1. The van der Waals surface area contributed by atoms with E-state index in [1.807, 2.05) is 0 Å². The lowest BCUT2D eigenvalue weighted by molar-refractivity contribution is 0.176. The number of anilines is 1. The molecule has 94 valence electrons. The summed E-state index contributed by atoms with van der Waals surface area (Å²) in [5, 5.41) is 19.0. The Kier molecular flexibility index (Phi) is 2.65. The molecule has 1 heterocycles. The number of aliphatic hydroxyl groups is 1. The summed E-state index contributed by atoms with van der Waals surface area (Å²) >= 11 is 0. The monoisotopic (exact) mass is 252 g/mol. The Bertz CT molecular complexity index is 690. The Balaban J connectivity index is 2.16. The van der Waals surface area contributed by atoms with Crippen molar-refractivity contribution >= 4 is 5.69 Å². The van der Waals surface area contributed by atoms with Gasteiger partial charge in [-0.1, -0.05) is 0 Å². The van der Waals surface area contributed by atoms with Gasteiger partial charge in [0.2, 0.25) is 0 Å². The van der Waals surface area contributed by atoms with Crippen molar-refractivity contribution in [3.63, 3.8) is 0 Å². The summed E-state index contributed by atoms with van der Waals surface area (Å²) in [4.78, 5) is 8.66. The number of fused-ring (bicyclic) bond motifs is 1. The Labute approximate surface area is 110 Å². The molecule has 1 aromatic heterocycles. The predicted molar refractivity (Wildman–Crippen MR) is 69.9 cm³/mol. The molecular weight excluding hydrogens is 240 g/mol. The Morgan fingerprint density at radius 2 is 2.26 bits per heavy atom. The highest BCUT2D eigenvalue weighted by molar-refractivity contribution is 5.69. The van der Waals surface area contributed by atoms with Gasteiger partial charge in [-0.2, -0.15) is 5.26 Å². The number of rotatable bonds is 1. The van der Waals surface area contributed by atoms with Gasteiger partial charge >= 0.3 is 0 Å². The van der Waals surface area contributed by atoms with Gasteiger partial charge in [-0.25, -0.2) is 9.97 Å². The van der Waals surface area contributed by atoms with Crippen molar-refractivity contribution < 1.29 is 5.11 Å². The van der Waals surface area contributed by atoms with Gasteiger partial charge in [-0.3, -0.25) is 0 Å². The van der Waals surface area contributed by atoms with Crippen LogP contribution >= 0.6 is 0 Å². The van der Waals surface area contributed by atoms with Gasteiger partial charge in [0.05, 0.1) is 23.4 Å². The normalized spacial score (nSPS) is 16.9. The van der Waals surface area contributed by atoms with E-state index in [1.165, 1.54) is 0 Å². The van der Waals surface area contributed by atoms with Crippen LogP contribution in [0.1, 0.15) is 29.3 Å². The molecule has 5 heteroatoms. The molecule has 19 heavy (non-hydrogen) atoms. The van der Waals surface area contributed by atoms with Crippen molar-refractivity contribution in [2.24, 2.45) is 0 Å². The van der Waals surface area contributed by atoms with E-state index in [0.717, 1.165) is 12.0 Å². The minimum atomic E-state index is -0.539. The van der Waals surface area contributed by atoms with Crippen LogP contribution < -0.4 is 5.73 Å². The number of aryl methyl sites for hydroxylation is 1. The van der Waals surface area contributed by atoms with E-state index in [0.29, 0.717) is 34.8 Å². The summed E-state index contributed by atoms with van der Waals surface area (Å²) in [5.74, 6) is 0.434. The average Bonchev–Trinajstić information content (AvgIpc) is 2.80.